The first-order chi connectivity index (χ1) is 13.8. The molecule has 3 aromatic carbocycles. The van der Waals surface area contributed by atoms with E-state index in [2.05, 4.69) is 116 Å². The van der Waals surface area contributed by atoms with Gasteiger partial charge in [0, 0.05) is 15.9 Å². The highest BCUT2D eigenvalue weighted by Gasteiger charge is 2.30. The Morgan fingerprint density at radius 3 is 1.50 bits per heavy atom. The summed E-state index contributed by atoms with van der Waals surface area (Å²) in [4.78, 5) is 0. The lowest BCUT2D eigenvalue weighted by Crippen LogP contribution is -2.05. The van der Waals surface area contributed by atoms with Gasteiger partial charge >= 0.3 is 0 Å². The molecule has 1 aliphatic rings. The molecule has 140 valence electrons. The summed E-state index contributed by atoms with van der Waals surface area (Å²) in [7, 11) is 0. The van der Waals surface area contributed by atoms with Gasteiger partial charge in [0.15, 0.2) is 0 Å². The second-order valence-electron chi connectivity index (χ2n) is 6.53. The summed E-state index contributed by atoms with van der Waals surface area (Å²) in [6, 6.07) is 32.5. The van der Waals surface area contributed by atoms with Gasteiger partial charge in [0.1, 0.15) is 0 Å². The third-order valence-electron chi connectivity index (χ3n) is 4.98. The molecule has 0 amide bonds. The van der Waals surface area contributed by atoms with Crippen molar-refractivity contribution in [3.05, 3.63) is 120 Å². The average molecular weight is 419 g/mol. The van der Waals surface area contributed by atoms with Crippen LogP contribution in [0.4, 0.5) is 0 Å². The van der Waals surface area contributed by atoms with E-state index in [-0.39, 0.29) is 0 Å². The molecule has 0 aliphatic carbocycles. The Labute approximate surface area is 176 Å². The number of hydrogen-bond donors (Lipinski definition) is 0. The third kappa shape index (κ3) is 3.57. The van der Waals surface area contributed by atoms with Crippen LogP contribution in [0.15, 0.2) is 103 Å². The normalized spacial score (nSPS) is 15.7. The van der Waals surface area contributed by atoms with Gasteiger partial charge in [-0.25, -0.2) is 0 Å². The molecule has 3 aromatic rings. The first-order valence-electron chi connectivity index (χ1n) is 9.27. The highest BCUT2D eigenvalue weighted by atomic mass is 33.1. The first-order valence-corrected chi connectivity index (χ1v) is 14.7. The molecule has 0 saturated carbocycles. The number of allylic oxidation sites excluding steroid dienone is 3. The molecule has 0 saturated heterocycles. The summed E-state index contributed by atoms with van der Waals surface area (Å²) in [6.45, 7) is 0. The van der Waals surface area contributed by atoms with Gasteiger partial charge < -0.3 is 0 Å². The second-order valence-corrected chi connectivity index (χ2v) is 15.5. The predicted octanol–water partition coefficient (Wildman–Crippen LogP) is 7.92. The summed E-state index contributed by atoms with van der Waals surface area (Å²) in [5, 5.41) is 1.29. The zero-order valence-corrected chi connectivity index (χ0v) is 18.6. The van der Waals surface area contributed by atoms with Crippen molar-refractivity contribution in [2.24, 2.45) is 0 Å². The SMILES string of the molecule is CSP1(SC)=C(c2ccccc2)C=C(c2ccccc2)C=C1c1ccccc1. The minimum atomic E-state index is -1.64. The van der Waals surface area contributed by atoms with Crippen LogP contribution in [0.5, 0.6) is 0 Å². The van der Waals surface area contributed by atoms with Gasteiger partial charge in [-0.05, 0) is 46.9 Å². The lowest BCUT2D eigenvalue weighted by Gasteiger charge is -2.33. The highest BCUT2D eigenvalue weighted by Crippen LogP contribution is 2.79. The molecule has 0 aromatic heterocycles. The molecular formula is C25H23PS2. The van der Waals surface area contributed by atoms with Crippen molar-refractivity contribution in [2.45, 2.75) is 0 Å². The van der Waals surface area contributed by atoms with Crippen molar-refractivity contribution in [3.8, 4) is 0 Å². The van der Waals surface area contributed by atoms with Crippen LogP contribution >= 0.6 is 28.1 Å². The fourth-order valence-corrected chi connectivity index (χ4v) is 12.5. The van der Waals surface area contributed by atoms with E-state index in [1.807, 2.05) is 22.8 Å². The van der Waals surface area contributed by atoms with Crippen LogP contribution in [0.3, 0.4) is 0 Å². The van der Waals surface area contributed by atoms with Crippen LogP contribution in [0.25, 0.3) is 10.9 Å². The Balaban J connectivity index is 2.06. The molecule has 0 bridgehead atoms. The number of hydrogen-bond acceptors (Lipinski definition) is 2. The molecule has 0 radical (unpaired) electrons. The van der Waals surface area contributed by atoms with E-state index in [1.54, 1.807) is 0 Å². The van der Waals surface area contributed by atoms with Gasteiger partial charge in [0.25, 0.3) is 0 Å². The maximum absolute atomic E-state index is 2.43. The van der Waals surface area contributed by atoms with E-state index in [0.29, 0.717) is 0 Å². The van der Waals surface area contributed by atoms with Gasteiger partial charge in [-0.3, -0.25) is 0 Å². The molecule has 0 nitrogen and oxygen atoms in total. The lowest BCUT2D eigenvalue weighted by atomic mass is 10.0. The Morgan fingerprint density at radius 2 is 1.00 bits per heavy atom. The molecule has 1 heterocycles. The van der Waals surface area contributed by atoms with E-state index in [0.717, 1.165) is 0 Å². The van der Waals surface area contributed by atoms with Gasteiger partial charge in [-0.2, -0.15) is 0 Å². The van der Waals surface area contributed by atoms with Crippen molar-refractivity contribution in [2.75, 3.05) is 12.5 Å². The van der Waals surface area contributed by atoms with Crippen molar-refractivity contribution in [3.63, 3.8) is 0 Å². The van der Waals surface area contributed by atoms with Gasteiger partial charge in [-0.1, -0.05) is 91.0 Å². The van der Waals surface area contributed by atoms with Crippen LogP contribution in [0.2, 0.25) is 0 Å². The molecule has 0 N–H and O–H groups in total. The number of rotatable bonds is 5. The van der Waals surface area contributed by atoms with Gasteiger partial charge in [0.2, 0.25) is 0 Å². The monoisotopic (exact) mass is 418 g/mol. The summed E-state index contributed by atoms with van der Waals surface area (Å²) in [6.07, 6.45) is 9.40. The minimum absolute atomic E-state index is 1.27. The van der Waals surface area contributed by atoms with Gasteiger partial charge in [0.05, 0.1) is 0 Å². The highest BCUT2D eigenvalue weighted by molar-refractivity contribution is 8.96. The van der Waals surface area contributed by atoms with E-state index in [4.69, 9.17) is 0 Å². The van der Waals surface area contributed by atoms with Crippen LogP contribution in [-0.2, 0) is 0 Å². The largest absolute Gasteiger partial charge is 0.123 e. The zero-order chi connectivity index (χ0) is 19.4. The summed E-state index contributed by atoms with van der Waals surface area (Å²) < 4.78 is 0. The van der Waals surface area contributed by atoms with Crippen molar-refractivity contribution >= 4 is 44.2 Å². The van der Waals surface area contributed by atoms with Crippen LogP contribution in [0, 0.1) is 0 Å². The fourth-order valence-electron chi connectivity index (χ4n) is 3.63. The van der Waals surface area contributed by atoms with Crippen molar-refractivity contribution in [1.29, 1.82) is 0 Å². The maximum atomic E-state index is 2.43. The molecule has 0 atom stereocenters. The Kier molecular flexibility index (Phi) is 6.01. The van der Waals surface area contributed by atoms with Crippen molar-refractivity contribution < 1.29 is 0 Å². The summed E-state index contributed by atoms with van der Waals surface area (Å²) in [5.74, 6) is 0. The molecule has 0 fully saturated rings. The first kappa shape index (κ1) is 19.5. The topological polar surface area (TPSA) is 0 Å². The van der Waals surface area contributed by atoms with Gasteiger partial charge in [-0.15, -0.1) is 22.8 Å². The molecule has 0 spiro atoms. The predicted molar refractivity (Wildman–Crippen MR) is 133 cm³/mol. The standard InChI is InChI=1S/C25H23PS2/c1-27-26(28-2)24(21-14-8-4-9-15-21)18-23(20-12-6-3-7-13-20)19-25(26)22-16-10-5-11-17-22/h3-19H,1-2H3. The minimum Gasteiger partial charge on any atom is -0.123 e. The maximum Gasteiger partial charge on any atom is 0.0320 e. The van der Waals surface area contributed by atoms with Crippen molar-refractivity contribution in [1.82, 2.24) is 0 Å². The van der Waals surface area contributed by atoms with Crippen LogP contribution in [-0.4, -0.2) is 17.8 Å². The smallest absolute Gasteiger partial charge is 0.0320 e. The van der Waals surface area contributed by atoms with E-state index in [9.17, 15) is 0 Å². The third-order valence-corrected chi connectivity index (χ3v) is 16.2. The molecule has 28 heavy (non-hydrogen) atoms. The number of benzene rings is 3. The van der Waals surface area contributed by atoms with Crippen LogP contribution in [0.1, 0.15) is 16.7 Å². The van der Waals surface area contributed by atoms with E-state index in [1.165, 1.54) is 32.9 Å². The second kappa shape index (κ2) is 8.66. The summed E-state index contributed by atoms with van der Waals surface area (Å²) >= 11 is 4.04. The zero-order valence-electron chi connectivity index (χ0n) is 16.1. The Hall–Kier alpha value is -1.86. The Morgan fingerprint density at radius 1 is 0.536 bits per heavy atom. The quantitative estimate of drug-likeness (QED) is 0.386. The summed E-state index contributed by atoms with van der Waals surface area (Å²) in [5.41, 5.74) is 5.21. The molecule has 1 aliphatic heterocycles. The molecule has 4 rings (SSSR count). The van der Waals surface area contributed by atoms with Crippen LogP contribution < -0.4 is 0 Å². The molecule has 0 unspecified atom stereocenters. The van der Waals surface area contributed by atoms with E-state index >= 15 is 0 Å². The Bertz CT molecular complexity index is 1050. The fraction of sp³-hybridized carbons (Fsp3) is 0.0800. The molecule has 3 heteroatoms. The lowest BCUT2D eigenvalue weighted by molar-refractivity contribution is 1.61. The average Bonchev–Trinajstić information content (AvgIpc) is 2.80. The molecular weight excluding hydrogens is 395 g/mol. The van der Waals surface area contributed by atoms with E-state index < -0.39 is 5.29 Å².